The van der Waals surface area contributed by atoms with Crippen LogP contribution in [0.3, 0.4) is 0 Å². The molecular weight excluding hydrogens is 554 g/mol. The summed E-state index contributed by atoms with van der Waals surface area (Å²) in [5.74, 6) is 1.18. The highest BCUT2D eigenvalue weighted by Crippen LogP contribution is 2.34. The summed E-state index contributed by atoms with van der Waals surface area (Å²) in [6.07, 6.45) is 5.59. The van der Waals surface area contributed by atoms with Gasteiger partial charge in [0.25, 0.3) is 0 Å². The molecule has 2 aliphatic rings. The molecule has 9 nitrogen and oxygen atoms in total. The molecule has 0 atom stereocenters. The van der Waals surface area contributed by atoms with Crippen molar-refractivity contribution in [2.45, 2.75) is 6.54 Å². The number of piperazine rings is 1. The molecule has 0 amide bonds. The number of halogens is 1. The van der Waals surface area contributed by atoms with E-state index >= 15 is 0 Å². The molecule has 1 N–H and O–H groups in total. The van der Waals surface area contributed by atoms with E-state index in [1.54, 1.807) is 0 Å². The second-order valence-corrected chi connectivity index (χ2v) is 12.7. The summed E-state index contributed by atoms with van der Waals surface area (Å²) in [7, 11) is -2.90. The Labute approximate surface area is 224 Å². The lowest BCUT2D eigenvalue weighted by Crippen LogP contribution is -2.46. The number of nitrogens with one attached hydrogen (secondary N) is 1. The van der Waals surface area contributed by atoms with Crippen LogP contribution in [0.25, 0.3) is 22.6 Å². The van der Waals surface area contributed by atoms with E-state index in [0.29, 0.717) is 13.1 Å². The number of hydrogen-bond donors (Lipinski definition) is 1. The standard InChI is InChI=1S/C26H28BrN7O2S/c27-22-17-29-26-23(24(22)34-10-8-32(9-11-34)18-19-2-1-7-28-16-19)30-25(31-26)20-3-5-21(6-4-20)33-12-14-37(35,36)15-13-33/h1-7,16-17H,8-15,18H2,(H,29,30,31). The normalized spacial score (nSPS) is 18.4. The molecule has 3 aromatic heterocycles. The topological polar surface area (TPSA) is 98.3 Å². The number of nitrogens with zero attached hydrogens (tertiary/aromatic N) is 6. The number of benzene rings is 1. The van der Waals surface area contributed by atoms with E-state index in [9.17, 15) is 8.42 Å². The number of aromatic amines is 1. The summed E-state index contributed by atoms with van der Waals surface area (Å²) in [6, 6.07) is 12.2. The van der Waals surface area contributed by atoms with Gasteiger partial charge in [0.05, 0.1) is 21.7 Å². The lowest BCUT2D eigenvalue weighted by Gasteiger charge is -2.36. The van der Waals surface area contributed by atoms with E-state index in [0.717, 1.165) is 71.1 Å². The lowest BCUT2D eigenvalue weighted by molar-refractivity contribution is 0.249. The van der Waals surface area contributed by atoms with Crippen LogP contribution in [0.1, 0.15) is 5.56 Å². The molecule has 4 aromatic rings. The maximum atomic E-state index is 11.8. The van der Waals surface area contributed by atoms with E-state index < -0.39 is 9.84 Å². The number of sulfone groups is 1. The Kier molecular flexibility index (Phi) is 6.60. The Morgan fingerprint density at radius 2 is 1.68 bits per heavy atom. The molecule has 37 heavy (non-hydrogen) atoms. The van der Waals surface area contributed by atoms with Crippen LogP contribution in [0.4, 0.5) is 11.4 Å². The Balaban J connectivity index is 1.19. The first-order valence-corrected chi connectivity index (χ1v) is 15.0. The van der Waals surface area contributed by atoms with Crippen molar-refractivity contribution in [1.82, 2.24) is 24.8 Å². The zero-order valence-corrected chi connectivity index (χ0v) is 22.7. The van der Waals surface area contributed by atoms with Crippen molar-refractivity contribution in [2.75, 3.05) is 60.6 Å². The molecule has 11 heteroatoms. The first-order chi connectivity index (χ1) is 17.9. The summed E-state index contributed by atoms with van der Waals surface area (Å²) < 4.78 is 24.4. The molecule has 0 aliphatic carbocycles. The molecule has 0 radical (unpaired) electrons. The van der Waals surface area contributed by atoms with Gasteiger partial charge in [-0.15, -0.1) is 0 Å². The fraction of sp³-hybridized carbons (Fsp3) is 0.346. The van der Waals surface area contributed by atoms with Crippen LogP contribution in [0.2, 0.25) is 0 Å². The minimum Gasteiger partial charge on any atom is -0.369 e. The van der Waals surface area contributed by atoms with Crippen LogP contribution in [0.15, 0.2) is 59.5 Å². The molecule has 192 valence electrons. The van der Waals surface area contributed by atoms with Crippen LogP contribution < -0.4 is 9.80 Å². The van der Waals surface area contributed by atoms with Gasteiger partial charge in [-0.2, -0.15) is 0 Å². The number of rotatable bonds is 5. The zero-order valence-electron chi connectivity index (χ0n) is 20.3. The second kappa shape index (κ2) is 10.0. The van der Waals surface area contributed by atoms with Gasteiger partial charge in [0.2, 0.25) is 0 Å². The fourth-order valence-electron chi connectivity index (χ4n) is 5.04. The second-order valence-electron chi connectivity index (χ2n) is 9.55. The van der Waals surface area contributed by atoms with Gasteiger partial charge in [0.15, 0.2) is 15.5 Å². The molecule has 2 saturated heterocycles. The lowest BCUT2D eigenvalue weighted by atomic mass is 10.2. The van der Waals surface area contributed by atoms with Crippen LogP contribution in [-0.2, 0) is 16.4 Å². The Morgan fingerprint density at radius 1 is 0.919 bits per heavy atom. The average Bonchev–Trinajstić information content (AvgIpc) is 3.34. The van der Waals surface area contributed by atoms with Crippen molar-refractivity contribution in [3.63, 3.8) is 0 Å². The first-order valence-electron chi connectivity index (χ1n) is 12.4. The minimum absolute atomic E-state index is 0.208. The number of aromatic nitrogens is 4. The highest BCUT2D eigenvalue weighted by Gasteiger charge is 2.24. The van der Waals surface area contributed by atoms with Gasteiger partial charge in [-0.1, -0.05) is 6.07 Å². The van der Waals surface area contributed by atoms with E-state index in [-0.39, 0.29) is 11.5 Å². The van der Waals surface area contributed by atoms with Crippen molar-refractivity contribution in [3.8, 4) is 11.4 Å². The molecule has 0 spiro atoms. The maximum Gasteiger partial charge on any atom is 0.159 e. The number of pyridine rings is 2. The van der Waals surface area contributed by atoms with Crippen LogP contribution in [0, 0.1) is 0 Å². The maximum absolute atomic E-state index is 11.8. The van der Waals surface area contributed by atoms with Crippen LogP contribution in [-0.4, -0.2) is 84.0 Å². The fourth-order valence-corrected chi connectivity index (χ4v) is 6.78. The minimum atomic E-state index is -2.90. The SMILES string of the molecule is O=S1(=O)CCN(c2ccc(-c3nc4c(N5CCN(Cc6cccnc6)CC5)c(Br)cnc4[nH]3)cc2)CC1. The van der Waals surface area contributed by atoms with E-state index in [1.807, 2.05) is 48.9 Å². The van der Waals surface area contributed by atoms with E-state index in [1.165, 1.54) is 5.56 Å². The van der Waals surface area contributed by atoms with E-state index in [2.05, 4.69) is 51.6 Å². The molecule has 2 aliphatic heterocycles. The quantitative estimate of drug-likeness (QED) is 0.383. The molecule has 6 rings (SSSR count). The monoisotopic (exact) mass is 581 g/mol. The number of anilines is 2. The van der Waals surface area contributed by atoms with Gasteiger partial charge >= 0.3 is 0 Å². The molecule has 0 unspecified atom stereocenters. The Morgan fingerprint density at radius 3 is 2.38 bits per heavy atom. The van der Waals surface area contributed by atoms with Gasteiger partial charge in [0.1, 0.15) is 11.3 Å². The van der Waals surface area contributed by atoms with Gasteiger partial charge in [-0.25, -0.2) is 18.4 Å². The van der Waals surface area contributed by atoms with Gasteiger partial charge in [-0.05, 0) is 51.8 Å². The summed E-state index contributed by atoms with van der Waals surface area (Å²) in [4.78, 5) is 24.1. The summed E-state index contributed by atoms with van der Waals surface area (Å²) in [6.45, 7) is 5.70. The Hall–Kier alpha value is -3.02. The third-order valence-electron chi connectivity index (χ3n) is 7.11. The third-order valence-corrected chi connectivity index (χ3v) is 9.30. The molecular formula is C26H28BrN7O2S. The Bertz CT molecular complexity index is 1490. The third kappa shape index (κ3) is 5.21. The molecule has 0 saturated carbocycles. The zero-order chi connectivity index (χ0) is 25.4. The van der Waals surface area contributed by atoms with Crippen molar-refractivity contribution >= 4 is 48.3 Å². The van der Waals surface area contributed by atoms with Crippen molar-refractivity contribution in [2.24, 2.45) is 0 Å². The summed E-state index contributed by atoms with van der Waals surface area (Å²) >= 11 is 3.72. The first kappa shape index (κ1) is 24.3. The van der Waals surface area contributed by atoms with Crippen molar-refractivity contribution < 1.29 is 8.42 Å². The van der Waals surface area contributed by atoms with Crippen molar-refractivity contribution in [1.29, 1.82) is 0 Å². The molecule has 0 bridgehead atoms. The average molecular weight is 583 g/mol. The van der Waals surface area contributed by atoms with Gasteiger partial charge in [0, 0.05) is 75.7 Å². The van der Waals surface area contributed by atoms with Crippen LogP contribution in [0.5, 0.6) is 0 Å². The number of imidazole rings is 1. The summed E-state index contributed by atoms with van der Waals surface area (Å²) in [5.41, 5.74) is 5.92. The highest BCUT2D eigenvalue weighted by molar-refractivity contribution is 9.10. The predicted octanol–water partition coefficient (Wildman–Crippen LogP) is 3.34. The molecule has 2 fully saturated rings. The van der Waals surface area contributed by atoms with Gasteiger partial charge in [-0.3, -0.25) is 9.88 Å². The summed E-state index contributed by atoms with van der Waals surface area (Å²) in [5, 5.41) is 0. The van der Waals surface area contributed by atoms with Gasteiger partial charge < -0.3 is 14.8 Å². The number of H-pyrrole nitrogens is 1. The molecule has 1 aromatic carbocycles. The predicted molar refractivity (Wildman–Crippen MR) is 150 cm³/mol. The largest absolute Gasteiger partial charge is 0.369 e. The van der Waals surface area contributed by atoms with E-state index in [4.69, 9.17) is 4.98 Å². The smallest absolute Gasteiger partial charge is 0.159 e. The highest BCUT2D eigenvalue weighted by atomic mass is 79.9. The number of fused-ring (bicyclic) bond motifs is 1. The van der Waals surface area contributed by atoms with Crippen molar-refractivity contribution in [3.05, 3.63) is 65.0 Å². The molecule has 5 heterocycles. The number of hydrogen-bond acceptors (Lipinski definition) is 8. The van der Waals surface area contributed by atoms with Crippen LogP contribution >= 0.6 is 15.9 Å².